The summed E-state index contributed by atoms with van der Waals surface area (Å²) in [5.74, 6) is -1.72. The maximum absolute atomic E-state index is 13.0. The van der Waals surface area contributed by atoms with Crippen LogP contribution in [0.5, 0.6) is 0 Å². The first-order chi connectivity index (χ1) is 12.7. The highest BCUT2D eigenvalue weighted by molar-refractivity contribution is 5.94. The third kappa shape index (κ3) is 6.82. The highest BCUT2D eigenvalue weighted by atomic mass is 16.2. The highest BCUT2D eigenvalue weighted by Gasteiger charge is 2.38. The summed E-state index contributed by atoms with van der Waals surface area (Å²) in [6.07, 6.45) is 3.12. The number of nitrogens with zero attached hydrogens (tertiary/aromatic N) is 1. The molecule has 1 aliphatic rings. The Morgan fingerprint density at radius 3 is 2.33 bits per heavy atom. The topological polar surface area (TPSA) is 148 Å². The zero-order valence-corrected chi connectivity index (χ0v) is 16.5. The van der Waals surface area contributed by atoms with E-state index in [0.29, 0.717) is 38.8 Å². The molecule has 0 aromatic heterocycles. The van der Waals surface area contributed by atoms with Gasteiger partial charge in [-0.3, -0.25) is 19.2 Å². The lowest BCUT2D eigenvalue weighted by atomic mass is 10.0. The molecule has 4 amide bonds. The zero-order chi connectivity index (χ0) is 20.6. The van der Waals surface area contributed by atoms with E-state index in [9.17, 15) is 19.2 Å². The molecule has 1 heterocycles. The number of rotatable bonds is 10. The van der Waals surface area contributed by atoms with E-state index in [1.807, 2.05) is 0 Å². The van der Waals surface area contributed by atoms with Gasteiger partial charge in [0.25, 0.3) is 0 Å². The van der Waals surface area contributed by atoms with E-state index >= 15 is 0 Å². The zero-order valence-electron chi connectivity index (χ0n) is 16.5. The number of unbranched alkanes of at least 4 members (excludes halogenated alkanes) is 1. The van der Waals surface area contributed by atoms with Gasteiger partial charge in [-0.1, -0.05) is 13.8 Å². The second-order valence-electron chi connectivity index (χ2n) is 7.36. The fourth-order valence-corrected chi connectivity index (χ4v) is 3.31. The molecule has 9 nitrogen and oxygen atoms in total. The summed E-state index contributed by atoms with van der Waals surface area (Å²) in [5.41, 5.74) is 10.9. The molecular formula is C18H33N5O4. The van der Waals surface area contributed by atoms with Gasteiger partial charge in [-0.2, -0.15) is 0 Å². The molecule has 0 aromatic rings. The summed E-state index contributed by atoms with van der Waals surface area (Å²) in [5, 5.41) is 5.34. The van der Waals surface area contributed by atoms with Crippen molar-refractivity contribution < 1.29 is 19.2 Å². The first-order valence-corrected chi connectivity index (χ1v) is 9.56. The van der Waals surface area contributed by atoms with Crippen LogP contribution in [0.25, 0.3) is 0 Å². The molecule has 0 spiro atoms. The average molecular weight is 383 g/mol. The Balaban J connectivity index is 2.85. The third-order valence-corrected chi connectivity index (χ3v) is 4.73. The molecule has 9 heteroatoms. The van der Waals surface area contributed by atoms with Crippen LogP contribution in [0.15, 0.2) is 0 Å². The molecule has 1 rings (SSSR count). The number of hydrogen-bond acceptors (Lipinski definition) is 5. The van der Waals surface area contributed by atoms with E-state index in [1.165, 1.54) is 11.8 Å². The third-order valence-electron chi connectivity index (χ3n) is 4.73. The van der Waals surface area contributed by atoms with E-state index in [4.69, 9.17) is 11.5 Å². The second-order valence-corrected chi connectivity index (χ2v) is 7.36. The molecule has 1 unspecified atom stereocenters. The van der Waals surface area contributed by atoms with Gasteiger partial charge in [-0.05, 0) is 44.6 Å². The summed E-state index contributed by atoms with van der Waals surface area (Å²) in [6.45, 7) is 5.89. The molecule has 3 atom stereocenters. The van der Waals surface area contributed by atoms with Gasteiger partial charge in [0.05, 0.1) is 0 Å². The molecule has 27 heavy (non-hydrogen) atoms. The second kappa shape index (κ2) is 10.9. The van der Waals surface area contributed by atoms with Crippen molar-refractivity contribution in [2.75, 3.05) is 13.1 Å². The lowest BCUT2D eigenvalue weighted by Crippen LogP contribution is -2.56. The molecule has 1 aliphatic heterocycles. The van der Waals surface area contributed by atoms with Crippen LogP contribution in [-0.2, 0) is 19.2 Å². The smallest absolute Gasteiger partial charge is 0.245 e. The fraction of sp³-hybridized carbons (Fsp3) is 0.778. The number of likely N-dealkylation sites (tertiary alicyclic amines) is 1. The van der Waals surface area contributed by atoms with Crippen LogP contribution < -0.4 is 22.1 Å². The molecule has 0 aromatic carbocycles. The van der Waals surface area contributed by atoms with Crippen LogP contribution in [0.3, 0.4) is 0 Å². The first-order valence-electron chi connectivity index (χ1n) is 9.56. The van der Waals surface area contributed by atoms with Crippen molar-refractivity contribution in [3.8, 4) is 0 Å². The number of nitrogens with one attached hydrogen (secondary N) is 2. The van der Waals surface area contributed by atoms with Gasteiger partial charge >= 0.3 is 0 Å². The van der Waals surface area contributed by atoms with Crippen molar-refractivity contribution in [1.82, 2.24) is 15.5 Å². The van der Waals surface area contributed by atoms with Crippen molar-refractivity contribution in [3.63, 3.8) is 0 Å². The minimum absolute atomic E-state index is 0.152. The Hall–Kier alpha value is -2.16. The van der Waals surface area contributed by atoms with Crippen molar-refractivity contribution in [3.05, 3.63) is 0 Å². The SMILES string of the molecule is CC(=O)N[C@H](CCCCN)C(=O)N1CCC[C@@H]1C(=O)NC(C(N)=O)C(C)C. The number of primary amides is 1. The number of carbonyl (C=O) groups is 4. The minimum Gasteiger partial charge on any atom is -0.368 e. The first kappa shape index (κ1) is 22.9. The van der Waals surface area contributed by atoms with Crippen molar-refractivity contribution in [1.29, 1.82) is 0 Å². The van der Waals surface area contributed by atoms with E-state index in [-0.39, 0.29) is 23.6 Å². The molecule has 0 radical (unpaired) electrons. The Kier molecular flexibility index (Phi) is 9.20. The molecular weight excluding hydrogens is 350 g/mol. The van der Waals surface area contributed by atoms with Gasteiger partial charge in [0.15, 0.2) is 0 Å². The Labute approximate surface area is 160 Å². The predicted octanol–water partition coefficient (Wildman–Crippen LogP) is -0.763. The number of nitrogens with two attached hydrogens (primary N) is 2. The van der Waals surface area contributed by atoms with E-state index in [2.05, 4.69) is 10.6 Å². The van der Waals surface area contributed by atoms with Gasteiger partial charge in [0, 0.05) is 13.5 Å². The maximum atomic E-state index is 13.0. The summed E-state index contributed by atoms with van der Waals surface area (Å²) >= 11 is 0. The van der Waals surface area contributed by atoms with Gasteiger partial charge in [-0.25, -0.2) is 0 Å². The molecule has 6 N–H and O–H groups in total. The average Bonchev–Trinajstić information content (AvgIpc) is 3.06. The Morgan fingerprint density at radius 1 is 1.15 bits per heavy atom. The predicted molar refractivity (Wildman–Crippen MR) is 101 cm³/mol. The van der Waals surface area contributed by atoms with Gasteiger partial charge in [-0.15, -0.1) is 0 Å². The van der Waals surface area contributed by atoms with Crippen LogP contribution in [0.2, 0.25) is 0 Å². The maximum Gasteiger partial charge on any atom is 0.245 e. The van der Waals surface area contributed by atoms with E-state index in [1.54, 1.807) is 13.8 Å². The summed E-state index contributed by atoms with van der Waals surface area (Å²) < 4.78 is 0. The summed E-state index contributed by atoms with van der Waals surface area (Å²) in [6, 6.07) is -2.13. The monoisotopic (exact) mass is 383 g/mol. The number of amides is 4. The number of hydrogen-bond donors (Lipinski definition) is 4. The summed E-state index contributed by atoms with van der Waals surface area (Å²) in [7, 11) is 0. The summed E-state index contributed by atoms with van der Waals surface area (Å²) in [4.78, 5) is 50.1. The van der Waals surface area contributed by atoms with Crippen molar-refractivity contribution >= 4 is 23.6 Å². The van der Waals surface area contributed by atoms with Gasteiger partial charge in [0.2, 0.25) is 23.6 Å². The lowest BCUT2D eigenvalue weighted by molar-refractivity contribution is -0.142. The highest BCUT2D eigenvalue weighted by Crippen LogP contribution is 2.20. The van der Waals surface area contributed by atoms with Gasteiger partial charge < -0.3 is 27.0 Å². The minimum atomic E-state index is -0.786. The standard InChI is InChI=1S/C18H33N5O4/c1-11(2)15(16(20)25)22-17(26)14-8-6-10-23(14)18(27)13(21-12(3)24)7-4-5-9-19/h11,13-15H,4-10,19H2,1-3H3,(H2,20,25)(H,21,24)(H,22,26)/t13-,14-,15?/m1/s1. The van der Waals surface area contributed by atoms with Gasteiger partial charge in [0.1, 0.15) is 18.1 Å². The Bertz CT molecular complexity index is 552. The molecule has 1 fully saturated rings. The molecule has 0 saturated carbocycles. The van der Waals surface area contributed by atoms with Crippen LogP contribution in [0.4, 0.5) is 0 Å². The molecule has 0 aliphatic carbocycles. The molecule has 0 bridgehead atoms. The lowest BCUT2D eigenvalue weighted by Gasteiger charge is -2.30. The normalized spacial score (nSPS) is 18.9. The molecule has 1 saturated heterocycles. The number of carbonyl (C=O) groups excluding carboxylic acids is 4. The van der Waals surface area contributed by atoms with Crippen molar-refractivity contribution in [2.24, 2.45) is 17.4 Å². The van der Waals surface area contributed by atoms with Crippen LogP contribution in [0.1, 0.15) is 52.9 Å². The van der Waals surface area contributed by atoms with E-state index in [0.717, 1.165) is 6.42 Å². The fourth-order valence-electron chi connectivity index (χ4n) is 3.31. The van der Waals surface area contributed by atoms with Crippen LogP contribution >= 0.6 is 0 Å². The Morgan fingerprint density at radius 2 is 1.81 bits per heavy atom. The van der Waals surface area contributed by atoms with E-state index < -0.39 is 24.0 Å². The molecule has 154 valence electrons. The van der Waals surface area contributed by atoms with Crippen LogP contribution in [-0.4, -0.2) is 59.7 Å². The van der Waals surface area contributed by atoms with Crippen molar-refractivity contribution in [2.45, 2.75) is 71.0 Å². The largest absolute Gasteiger partial charge is 0.368 e. The van der Waals surface area contributed by atoms with Crippen LogP contribution in [0, 0.1) is 5.92 Å². The quantitative estimate of drug-likeness (QED) is 0.366.